The maximum atomic E-state index is 12.8. The molecule has 0 bridgehead atoms. The van der Waals surface area contributed by atoms with E-state index in [4.69, 9.17) is 14.2 Å². The lowest BCUT2D eigenvalue weighted by Crippen LogP contribution is -2.30. The van der Waals surface area contributed by atoms with E-state index in [1.165, 1.54) is 218 Å². The van der Waals surface area contributed by atoms with Gasteiger partial charge in [0.1, 0.15) is 13.2 Å². The van der Waals surface area contributed by atoms with Crippen molar-refractivity contribution >= 4 is 17.9 Å². The Balaban J connectivity index is 4.13. The highest BCUT2D eigenvalue weighted by Gasteiger charge is 2.19. The second-order valence-corrected chi connectivity index (χ2v) is 19.9. The lowest BCUT2D eigenvalue weighted by molar-refractivity contribution is -0.167. The minimum absolute atomic E-state index is 0.0669. The Kier molecular flexibility index (Phi) is 53.2. The van der Waals surface area contributed by atoms with Gasteiger partial charge in [0.2, 0.25) is 0 Å². The highest BCUT2D eigenvalue weighted by Crippen LogP contribution is 2.18. The summed E-state index contributed by atoms with van der Waals surface area (Å²) in [5.74, 6) is -0.857. The number of hydrogen-bond acceptors (Lipinski definition) is 6. The second kappa shape index (κ2) is 54.8. The van der Waals surface area contributed by atoms with Gasteiger partial charge in [-0.2, -0.15) is 0 Å². The fraction of sp³-hybridized carbons (Fsp3) is 0.915. The van der Waals surface area contributed by atoms with Crippen LogP contribution in [0.3, 0.4) is 0 Å². The molecule has 0 aromatic heterocycles. The predicted molar refractivity (Wildman–Crippen MR) is 280 cm³/mol. The first-order chi connectivity index (χ1) is 32.0. The number of carbonyl (C=O) groups is 3. The molecule has 0 aliphatic rings. The van der Waals surface area contributed by atoms with Gasteiger partial charge in [0, 0.05) is 19.3 Å². The highest BCUT2D eigenvalue weighted by molar-refractivity contribution is 5.71. The third kappa shape index (κ3) is 53.0. The third-order valence-electron chi connectivity index (χ3n) is 13.3. The summed E-state index contributed by atoms with van der Waals surface area (Å²) >= 11 is 0. The van der Waals surface area contributed by atoms with Crippen LogP contribution in [0.2, 0.25) is 0 Å². The van der Waals surface area contributed by atoms with E-state index in [0.29, 0.717) is 19.3 Å². The van der Waals surface area contributed by atoms with Crippen molar-refractivity contribution < 1.29 is 28.6 Å². The maximum absolute atomic E-state index is 12.8. The monoisotopic (exact) mass is 917 g/mol. The van der Waals surface area contributed by atoms with Crippen molar-refractivity contribution in [3.05, 3.63) is 12.2 Å². The molecule has 0 N–H and O–H groups in total. The molecule has 0 aromatic rings. The van der Waals surface area contributed by atoms with E-state index in [1.54, 1.807) is 0 Å². The Hall–Kier alpha value is -1.85. The molecule has 0 spiro atoms. The summed E-state index contributed by atoms with van der Waals surface area (Å²) < 4.78 is 16.8. The number of allylic oxidation sites excluding steroid dienone is 2. The van der Waals surface area contributed by atoms with Crippen molar-refractivity contribution in [3.63, 3.8) is 0 Å². The molecule has 6 heteroatoms. The van der Waals surface area contributed by atoms with Gasteiger partial charge in [-0.15, -0.1) is 0 Å². The van der Waals surface area contributed by atoms with Gasteiger partial charge in [-0.1, -0.05) is 283 Å². The zero-order chi connectivity index (χ0) is 47.2. The Morgan fingerprint density at radius 1 is 0.292 bits per heavy atom. The van der Waals surface area contributed by atoms with E-state index in [9.17, 15) is 14.4 Å². The van der Waals surface area contributed by atoms with Crippen LogP contribution in [0, 0.1) is 0 Å². The van der Waals surface area contributed by atoms with E-state index in [-0.39, 0.29) is 31.1 Å². The molecule has 0 heterocycles. The lowest BCUT2D eigenvalue weighted by Gasteiger charge is -2.18. The molecule has 0 saturated carbocycles. The van der Waals surface area contributed by atoms with E-state index in [0.717, 1.165) is 70.6 Å². The van der Waals surface area contributed by atoms with E-state index in [1.807, 2.05) is 0 Å². The quantitative estimate of drug-likeness (QED) is 0.0262. The Labute approximate surface area is 405 Å². The van der Waals surface area contributed by atoms with Crippen LogP contribution < -0.4 is 0 Å². The van der Waals surface area contributed by atoms with Crippen LogP contribution in [0.4, 0.5) is 0 Å². The van der Waals surface area contributed by atoms with Crippen molar-refractivity contribution in [2.75, 3.05) is 13.2 Å². The minimum Gasteiger partial charge on any atom is -0.462 e. The Morgan fingerprint density at radius 3 is 0.831 bits per heavy atom. The predicted octanol–water partition coefficient (Wildman–Crippen LogP) is 19.3. The van der Waals surface area contributed by atoms with Gasteiger partial charge in [0.05, 0.1) is 0 Å². The molecule has 1 atom stereocenters. The molecule has 65 heavy (non-hydrogen) atoms. The van der Waals surface area contributed by atoms with E-state index in [2.05, 4.69) is 32.9 Å². The molecule has 0 radical (unpaired) electrons. The second-order valence-electron chi connectivity index (χ2n) is 19.9. The molecular formula is C59H112O6. The molecule has 0 aliphatic heterocycles. The van der Waals surface area contributed by atoms with Crippen LogP contribution in [-0.4, -0.2) is 37.2 Å². The number of carbonyl (C=O) groups excluding carboxylic acids is 3. The van der Waals surface area contributed by atoms with Crippen LogP contribution in [0.1, 0.15) is 329 Å². The van der Waals surface area contributed by atoms with Crippen molar-refractivity contribution in [1.29, 1.82) is 0 Å². The standard InChI is InChI=1S/C59H112O6/c1-4-7-10-13-16-19-22-24-25-26-27-28-29-30-31-32-33-34-36-37-40-43-46-49-52-58(61)64-55-56(54-63-57(60)51-48-45-42-39-21-18-15-12-9-6-3)65-59(62)53-50-47-44-41-38-35-23-20-17-14-11-8-5-2/h12,15,56H,4-11,13-14,16-55H2,1-3H3/b15-12-. The maximum Gasteiger partial charge on any atom is 0.306 e. The van der Waals surface area contributed by atoms with Gasteiger partial charge < -0.3 is 14.2 Å². The van der Waals surface area contributed by atoms with Crippen LogP contribution in [0.25, 0.3) is 0 Å². The number of rotatable bonds is 54. The summed E-state index contributed by atoms with van der Waals surface area (Å²) in [6.45, 7) is 6.62. The van der Waals surface area contributed by atoms with Gasteiger partial charge in [0.25, 0.3) is 0 Å². The molecule has 6 nitrogen and oxygen atoms in total. The SMILES string of the molecule is CCC/C=C\CCCCCCCC(=O)OCC(COC(=O)CCCCCCCCCCCCCCCCCCCCCCCCCC)OC(=O)CCCCCCCCCCCCCCC. The molecule has 0 amide bonds. The number of ether oxygens (including phenoxy) is 3. The first-order valence-electron chi connectivity index (χ1n) is 29.2. The fourth-order valence-corrected chi connectivity index (χ4v) is 8.86. The summed E-state index contributed by atoms with van der Waals surface area (Å²) in [6, 6.07) is 0. The number of esters is 3. The zero-order valence-corrected chi connectivity index (χ0v) is 44.0. The topological polar surface area (TPSA) is 78.9 Å². The molecular weight excluding hydrogens is 805 g/mol. The van der Waals surface area contributed by atoms with Gasteiger partial charge in [-0.25, -0.2) is 0 Å². The van der Waals surface area contributed by atoms with Gasteiger partial charge in [-0.05, 0) is 38.5 Å². The van der Waals surface area contributed by atoms with Crippen LogP contribution in [0.15, 0.2) is 12.2 Å². The van der Waals surface area contributed by atoms with Crippen molar-refractivity contribution in [3.8, 4) is 0 Å². The first kappa shape index (κ1) is 63.1. The summed E-state index contributed by atoms with van der Waals surface area (Å²) in [5.41, 5.74) is 0. The van der Waals surface area contributed by atoms with Gasteiger partial charge in [-0.3, -0.25) is 14.4 Å². The summed E-state index contributed by atoms with van der Waals surface area (Å²) in [7, 11) is 0. The zero-order valence-electron chi connectivity index (χ0n) is 44.0. The lowest BCUT2D eigenvalue weighted by atomic mass is 10.0. The average Bonchev–Trinajstić information content (AvgIpc) is 3.30. The molecule has 0 fully saturated rings. The number of hydrogen-bond donors (Lipinski definition) is 0. The molecule has 0 aromatic carbocycles. The van der Waals surface area contributed by atoms with Crippen molar-refractivity contribution in [1.82, 2.24) is 0 Å². The van der Waals surface area contributed by atoms with Crippen LogP contribution >= 0.6 is 0 Å². The van der Waals surface area contributed by atoms with Gasteiger partial charge >= 0.3 is 17.9 Å². The Morgan fingerprint density at radius 2 is 0.538 bits per heavy atom. The van der Waals surface area contributed by atoms with E-state index < -0.39 is 6.10 Å². The van der Waals surface area contributed by atoms with Crippen LogP contribution in [0.5, 0.6) is 0 Å². The first-order valence-corrected chi connectivity index (χ1v) is 29.2. The van der Waals surface area contributed by atoms with E-state index >= 15 is 0 Å². The largest absolute Gasteiger partial charge is 0.462 e. The summed E-state index contributed by atoms with van der Waals surface area (Å²) in [4.78, 5) is 38.0. The van der Waals surface area contributed by atoms with Crippen LogP contribution in [-0.2, 0) is 28.6 Å². The Bertz CT molecular complexity index is 1010. The fourth-order valence-electron chi connectivity index (χ4n) is 8.86. The summed E-state index contributed by atoms with van der Waals surface area (Å²) in [6.07, 6.45) is 62.2. The highest BCUT2D eigenvalue weighted by atomic mass is 16.6. The summed E-state index contributed by atoms with van der Waals surface area (Å²) in [5, 5.41) is 0. The van der Waals surface area contributed by atoms with Gasteiger partial charge in [0.15, 0.2) is 6.10 Å². The minimum atomic E-state index is -0.766. The average molecular weight is 918 g/mol. The molecule has 0 aliphatic carbocycles. The molecule has 1 unspecified atom stereocenters. The third-order valence-corrected chi connectivity index (χ3v) is 13.3. The molecule has 0 saturated heterocycles. The molecule has 0 rings (SSSR count). The van der Waals surface area contributed by atoms with Crippen molar-refractivity contribution in [2.45, 2.75) is 335 Å². The smallest absolute Gasteiger partial charge is 0.306 e. The number of unbranched alkanes of at least 4 members (excludes halogenated alkanes) is 41. The van der Waals surface area contributed by atoms with Crippen molar-refractivity contribution in [2.24, 2.45) is 0 Å². The normalized spacial score (nSPS) is 12.0. The molecule has 384 valence electrons.